The van der Waals surface area contributed by atoms with Gasteiger partial charge in [0.15, 0.2) is 10.9 Å². The van der Waals surface area contributed by atoms with Crippen LogP contribution < -0.4 is 5.32 Å². The van der Waals surface area contributed by atoms with Crippen LogP contribution in [0.5, 0.6) is 0 Å². The van der Waals surface area contributed by atoms with Gasteiger partial charge in [0.1, 0.15) is 0 Å². The summed E-state index contributed by atoms with van der Waals surface area (Å²) in [6.07, 6.45) is 0. The molecule has 0 aliphatic heterocycles. The van der Waals surface area contributed by atoms with E-state index in [4.69, 9.17) is 0 Å². The van der Waals surface area contributed by atoms with Gasteiger partial charge in [0, 0.05) is 17.0 Å². The van der Waals surface area contributed by atoms with Gasteiger partial charge in [-0.3, -0.25) is 14.0 Å². The molecule has 0 aliphatic rings. The van der Waals surface area contributed by atoms with Crippen molar-refractivity contribution in [2.24, 2.45) is 0 Å². The number of carbonyl (C=O) groups is 2. The molecule has 3 rings (SSSR count). The first-order chi connectivity index (χ1) is 12.0. The fourth-order valence-corrected chi connectivity index (χ4v) is 3.29. The number of rotatable bonds is 5. The number of nitrogens with one attached hydrogen (secondary N) is 1. The van der Waals surface area contributed by atoms with Gasteiger partial charge in [-0.25, -0.2) is 4.98 Å². The molecule has 1 aromatic carbocycles. The Balaban J connectivity index is 1.72. The van der Waals surface area contributed by atoms with Gasteiger partial charge in [-0.1, -0.05) is 23.9 Å². The highest BCUT2D eigenvalue weighted by atomic mass is 32.2. The third-order valence-electron chi connectivity index (χ3n) is 3.58. The SMILES string of the molecule is CC(=O)c1ccccc1NC(=O)CSc1nnc2nc(C)cc(C)n12. The average Bonchev–Trinajstić information content (AvgIpc) is 2.96. The van der Waals surface area contributed by atoms with Crippen molar-refractivity contribution in [1.82, 2.24) is 19.6 Å². The maximum absolute atomic E-state index is 12.2. The van der Waals surface area contributed by atoms with Crippen LogP contribution in [0.2, 0.25) is 0 Å². The highest BCUT2D eigenvalue weighted by Crippen LogP contribution is 2.20. The Morgan fingerprint density at radius 2 is 1.96 bits per heavy atom. The Kier molecular flexibility index (Phi) is 4.80. The lowest BCUT2D eigenvalue weighted by Gasteiger charge is -2.08. The van der Waals surface area contributed by atoms with E-state index >= 15 is 0 Å². The molecule has 0 radical (unpaired) electrons. The maximum atomic E-state index is 12.2. The minimum atomic E-state index is -0.215. The zero-order chi connectivity index (χ0) is 18.0. The third kappa shape index (κ3) is 3.69. The molecule has 0 atom stereocenters. The number of hydrogen-bond donors (Lipinski definition) is 1. The molecule has 3 aromatic rings. The molecule has 0 unspecified atom stereocenters. The normalized spacial score (nSPS) is 10.8. The Labute approximate surface area is 148 Å². The number of hydrogen-bond acceptors (Lipinski definition) is 6. The quantitative estimate of drug-likeness (QED) is 0.559. The molecule has 1 N–H and O–H groups in total. The number of ketones is 1. The number of aromatic nitrogens is 4. The summed E-state index contributed by atoms with van der Waals surface area (Å²) in [4.78, 5) is 28.2. The molecule has 2 heterocycles. The van der Waals surface area contributed by atoms with Crippen molar-refractivity contribution >= 4 is 34.9 Å². The second kappa shape index (κ2) is 7.02. The summed E-state index contributed by atoms with van der Waals surface area (Å²) in [7, 11) is 0. The lowest BCUT2D eigenvalue weighted by Crippen LogP contribution is -2.16. The Hall–Kier alpha value is -2.74. The van der Waals surface area contributed by atoms with Crippen LogP contribution >= 0.6 is 11.8 Å². The van der Waals surface area contributed by atoms with E-state index in [1.165, 1.54) is 18.7 Å². The summed E-state index contributed by atoms with van der Waals surface area (Å²) in [5, 5.41) is 11.5. The number of amides is 1. The number of thioether (sulfide) groups is 1. The van der Waals surface area contributed by atoms with Crippen LogP contribution in [0.1, 0.15) is 28.7 Å². The molecule has 8 heteroatoms. The Morgan fingerprint density at radius 1 is 1.20 bits per heavy atom. The number of Topliss-reactive ketones (excluding diaryl/α,β-unsaturated/α-hetero) is 1. The molecule has 0 spiro atoms. The van der Waals surface area contributed by atoms with E-state index in [9.17, 15) is 9.59 Å². The predicted octanol–water partition coefficient (Wildman–Crippen LogP) is 2.67. The molecular formula is C17H17N5O2S. The second-order valence-corrected chi connectivity index (χ2v) is 6.54. The highest BCUT2D eigenvalue weighted by molar-refractivity contribution is 7.99. The Bertz CT molecular complexity index is 967. The van der Waals surface area contributed by atoms with E-state index in [0.717, 1.165) is 11.4 Å². The summed E-state index contributed by atoms with van der Waals surface area (Å²) in [6.45, 7) is 5.31. The van der Waals surface area contributed by atoms with Crippen LogP contribution in [-0.2, 0) is 4.79 Å². The number of carbonyl (C=O) groups excluding carboxylic acids is 2. The minimum absolute atomic E-state index is 0.0935. The van der Waals surface area contributed by atoms with Gasteiger partial charge in [-0.2, -0.15) is 0 Å². The van der Waals surface area contributed by atoms with Crippen molar-refractivity contribution in [2.75, 3.05) is 11.1 Å². The van der Waals surface area contributed by atoms with Gasteiger partial charge in [0.25, 0.3) is 5.78 Å². The first-order valence-electron chi connectivity index (χ1n) is 7.67. The van der Waals surface area contributed by atoms with E-state index in [-0.39, 0.29) is 17.4 Å². The van der Waals surface area contributed by atoms with Gasteiger partial charge in [0.2, 0.25) is 5.91 Å². The number of benzene rings is 1. The lowest BCUT2D eigenvalue weighted by atomic mass is 10.1. The van der Waals surface area contributed by atoms with Crippen LogP contribution in [0.3, 0.4) is 0 Å². The average molecular weight is 355 g/mol. The van der Waals surface area contributed by atoms with Crippen molar-refractivity contribution in [1.29, 1.82) is 0 Å². The molecule has 0 bridgehead atoms. The predicted molar refractivity (Wildman–Crippen MR) is 96.1 cm³/mol. The van der Waals surface area contributed by atoms with E-state index < -0.39 is 0 Å². The standard InChI is InChI=1S/C17H17N5O2S/c1-10-8-11(2)22-16(18-10)20-21-17(22)25-9-15(24)19-14-7-5-4-6-13(14)12(3)23/h4-8H,9H2,1-3H3,(H,19,24). The third-order valence-corrected chi connectivity index (χ3v) is 4.50. The molecule has 7 nitrogen and oxygen atoms in total. The first-order valence-corrected chi connectivity index (χ1v) is 8.66. The van der Waals surface area contributed by atoms with Gasteiger partial charge in [0.05, 0.1) is 11.4 Å². The first kappa shape index (κ1) is 17.1. The van der Waals surface area contributed by atoms with Crippen LogP contribution in [-0.4, -0.2) is 37.0 Å². The lowest BCUT2D eigenvalue weighted by molar-refractivity contribution is -0.113. The highest BCUT2D eigenvalue weighted by Gasteiger charge is 2.14. The monoisotopic (exact) mass is 355 g/mol. The summed E-state index contributed by atoms with van der Waals surface area (Å²) in [5.74, 6) is 0.361. The van der Waals surface area contributed by atoms with Crippen molar-refractivity contribution in [3.8, 4) is 0 Å². The van der Waals surface area contributed by atoms with Gasteiger partial charge >= 0.3 is 0 Å². The fraction of sp³-hybridized carbons (Fsp3) is 0.235. The summed E-state index contributed by atoms with van der Waals surface area (Å²) in [5.41, 5.74) is 2.83. The smallest absolute Gasteiger partial charge is 0.256 e. The van der Waals surface area contributed by atoms with Gasteiger partial charge in [-0.05, 0) is 39.0 Å². The number of aryl methyl sites for hydroxylation is 2. The zero-order valence-electron chi connectivity index (χ0n) is 14.1. The molecule has 0 aliphatic carbocycles. The van der Waals surface area contributed by atoms with Gasteiger partial charge in [-0.15, -0.1) is 10.2 Å². The van der Waals surface area contributed by atoms with Crippen molar-refractivity contribution < 1.29 is 9.59 Å². The van der Waals surface area contributed by atoms with Crippen LogP contribution in [0.15, 0.2) is 35.5 Å². The van der Waals surface area contributed by atoms with Crippen LogP contribution in [0.25, 0.3) is 5.78 Å². The van der Waals surface area contributed by atoms with E-state index in [2.05, 4.69) is 20.5 Å². The molecule has 25 heavy (non-hydrogen) atoms. The largest absolute Gasteiger partial charge is 0.325 e. The van der Waals surface area contributed by atoms with E-state index in [1.54, 1.807) is 24.3 Å². The van der Waals surface area contributed by atoms with Crippen molar-refractivity contribution in [3.63, 3.8) is 0 Å². The number of fused-ring (bicyclic) bond motifs is 1. The molecule has 2 aromatic heterocycles. The van der Waals surface area contributed by atoms with Crippen LogP contribution in [0.4, 0.5) is 5.69 Å². The molecule has 0 saturated heterocycles. The molecule has 128 valence electrons. The number of nitrogens with zero attached hydrogens (tertiary/aromatic N) is 4. The number of para-hydroxylation sites is 1. The van der Waals surface area contributed by atoms with Crippen molar-refractivity contribution in [3.05, 3.63) is 47.3 Å². The Morgan fingerprint density at radius 3 is 2.72 bits per heavy atom. The summed E-state index contributed by atoms with van der Waals surface area (Å²) >= 11 is 1.27. The topological polar surface area (TPSA) is 89.2 Å². The number of anilines is 1. The zero-order valence-corrected chi connectivity index (χ0v) is 14.9. The van der Waals surface area contributed by atoms with E-state index in [1.807, 2.05) is 24.3 Å². The fourth-order valence-electron chi connectivity index (χ4n) is 2.51. The minimum Gasteiger partial charge on any atom is -0.325 e. The molecule has 1 amide bonds. The molecule has 0 fully saturated rings. The molecule has 0 saturated carbocycles. The second-order valence-electron chi connectivity index (χ2n) is 5.60. The van der Waals surface area contributed by atoms with Crippen molar-refractivity contribution in [2.45, 2.75) is 25.9 Å². The summed E-state index contributed by atoms with van der Waals surface area (Å²) < 4.78 is 1.81. The maximum Gasteiger partial charge on any atom is 0.256 e. The summed E-state index contributed by atoms with van der Waals surface area (Å²) in [6, 6.07) is 8.88. The molecular weight excluding hydrogens is 338 g/mol. The van der Waals surface area contributed by atoms with Gasteiger partial charge < -0.3 is 5.32 Å². The van der Waals surface area contributed by atoms with E-state index in [0.29, 0.717) is 22.2 Å². The van der Waals surface area contributed by atoms with Crippen LogP contribution in [0, 0.1) is 13.8 Å².